The zero-order valence-corrected chi connectivity index (χ0v) is 19.2. The number of aliphatic carboxylic acids is 1. The predicted octanol–water partition coefficient (Wildman–Crippen LogP) is 3.44. The molecule has 5 N–H and O–H groups in total. The summed E-state index contributed by atoms with van der Waals surface area (Å²) in [4.78, 5) is 13.8. The molecule has 0 saturated heterocycles. The smallest absolute Gasteiger partial charge is 0.303 e. The molecule has 1 aliphatic rings. The van der Waals surface area contributed by atoms with Gasteiger partial charge in [0, 0.05) is 35.5 Å². The molecule has 182 valence electrons. The van der Waals surface area contributed by atoms with E-state index in [1.807, 2.05) is 0 Å². The standard InChI is InChI=1S/C24H22F2N4O4S/c25-18-12-14(8-9-20(31)32)21(17-6-1-2-7-19(17)27)22(26)23(18)35(33,34)16-5-3-4-15(13-16)30-24-28-10-11-29-24/h1-7,12-13H,8-11,27H2,(H,31,32)(H2,28,29,30). The van der Waals surface area contributed by atoms with Crippen LogP contribution in [0.1, 0.15) is 12.0 Å². The van der Waals surface area contributed by atoms with Gasteiger partial charge in [0.25, 0.3) is 0 Å². The normalized spacial score (nSPS) is 13.3. The Morgan fingerprint density at radius 2 is 1.91 bits per heavy atom. The number of nitrogens with two attached hydrogens (primary N) is 1. The average Bonchev–Trinajstić information content (AvgIpc) is 3.31. The summed E-state index contributed by atoms with van der Waals surface area (Å²) in [6.07, 6.45) is -0.627. The molecule has 11 heteroatoms. The van der Waals surface area contributed by atoms with Crippen molar-refractivity contribution in [2.75, 3.05) is 24.1 Å². The fraction of sp³-hybridized carbons (Fsp3) is 0.167. The van der Waals surface area contributed by atoms with Crippen molar-refractivity contribution in [2.45, 2.75) is 22.6 Å². The van der Waals surface area contributed by atoms with Crippen molar-refractivity contribution >= 4 is 33.1 Å². The first-order valence-corrected chi connectivity index (χ1v) is 12.1. The Morgan fingerprint density at radius 1 is 1.14 bits per heavy atom. The van der Waals surface area contributed by atoms with E-state index in [4.69, 9.17) is 10.8 Å². The van der Waals surface area contributed by atoms with Gasteiger partial charge in [-0.2, -0.15) is 0 Å². The molecule has 0 spiro atoms. The first-order chi connectivity index (χ1) is 16.7. The zero-order valence-electron chi connectivity index (χ0n) is 18.4. The second-order valence-electron chi connectivity index (χ2n) is 7.83. The van der Waals surface area contributed by atoms with Crippen molar-refractivity contribution in [1.82, 2.24) is 5.32 Å². The van der Waals surface area contributed by atoms with Crippen LogP contribution in [0.3, 0.4) is 0 Å². The highest BCUT2D eigenvalue weighted by molar-refractivity contribution is 7.91. The number of hydrogen-bond donors (Lipinski definition) is 4. The molecule has 0 atom stereocenters. The van der Waals surface area contributed by atoms with Crippen LogP contribution < -0.4 is 16.4 Å². The number of nitrogens with one attached hydrogen (secondary N) is 2. The molecule has 0 saturated carbocycles. The number of aliphatic imine (C=N–C) groups is 1. The van der Waals surface area contributed by atoms with Gasteiger partial charge in [0.15, 0.2) is 11.8 Å². The number of anilines is 2. The molecule has 0 fully saturated rings. The summed E-state index contributed by atoms with van der Waals surface area (Å²) < 4.78 is 58.0. The lowest BCUT2D eigenvalue weighted by Crippen LogP contribution is -2.26. The minimum absolute atomic E-state index is 0.0000123. The summed E-state index contributed by atoms with van der Waals surface area (Å²) in [7, 11) is -4.66. The summed E-state index contributed by atoms with van der Waals surface area (Å²) in [5, 5.41) is 15.0. The maximum Gasteiger partial charge on any atom is 0.303 e. The monoisotopic (exact) mass is 500 g/mol. The first kappa shape index (κ1) is 24.1. The largest absolute Gasteiger partial charge is 0.481 e. The van der Waals surface area contributed by atoms with Crippen molar-refractivity contribution in [1.29, 1.82) is 0 Å². The van der Waals surface area contributed by atoms with Crippen LogP contribution in [0.15, 0.2) is 69.4 Å². The number of rotatable bonds is 7. The van der Waals surface area contributed by atoms with Crippen LogP contribution in [0.25, 0.3) is 11.1 Å². The summed E-state index contributed by atoms with van der Waals surface area (Å²) in [6.45, 7) is 1.20. The van der Waals surface area contributed by atoms with Crippen LogP contribution in [0.4, 0.5) is 20.2 Å². The van der Waals surface area contributed by atoms with E-state index in [1.54, 1.807) is 18.2 Å². The van der Waals surface area contributed by atoms with Crippen molar-refractivity contribution in [3.63, 3.8) is 0 Å². The second-order valence-corrected chi connectivity index (χ2v) is 9.72. The van der Waals surface area contributed by atoms with E-state index in [0.717, 1.165) is 6.07 Å². The number of aryl methyl sites for hydroxylation is 1. The summed E-state index contributed by atoms with van der Waals surface area (Å²) in [6, 6.07) is 12.5. The topological polar surface area (TPSA) is 134 Å². The van der Waals surface area contributed by atoms with E-state index in [2.05, 4.69) is 15.6 Å². The van der Waals surface area contributed by atoms with Gasteiger partial charge in [-0.1, -0.05) is 24.3 Å². The number of carboxylic acid groups (broad SMARTS) is 1. The molecule has 0 aromatic heterocycles. The van der Waals surface area contributed by atoms with Crippen LogP contribution in [0.2, 0.25) is 0 Å². The van der Waals surface area contributed by atoms with E-state index in [-0.39, 0.29) is 33.7 Å². The molecule has 0 aliphatic carbocycles. The fourth-order valence-electron chi connectivity index (χ4n) is 3.83. The van der Waals surface area contributed by atoms with Gasteiger partial charge in [-0.15, -0.1) is 0 Å². The lowest BCUT2D eigenvalue weighted by Gasteiger charge is -2.17. The van der Waals surface area contributed by atoms with E-state index >= 15 is 8.78 Å². The second kappa shape index (κ2) is 9.71. The molecular weight excluding hydrogens is 478 g/mol. The summed E-state index contributed by atoms with van der Waals surface area (Å²) >= 11 is 0. The third kappa shape index (κ3) is 4.94. The molecule has 1 heterocycles. The van der Waals surface area contributed by atoms with Gasteiger partial charge in [0.05, 0.1) is 11.4 Å². The molecule has 35 heavy (non-hydrogen) atoms. The number of carboxylic acids is 1. The maximum absolute atomic E-state index is 15.9. The summed E-state index contributed by atoms with van der Waals surface area (Å²) in [5.74, 6) is -3.36. The number of hydrogen-bond acceptors (Lipinski definition) is 7. The molecule has 4 rings (SSSR count). The third-order valence-corrected chi connectivity index (χ3v) is 7.23. The number of halogens is 2. The van der Waals surface area contributed by atoms with Gasteiger partial charge < -0.3 is 21.5 Å². The molecule has 3 aromatic carbocycles. The van der Waals surface area contributed by atoms with E-state index < -0.39 is 38.8 Å². The van der Waals surface area contributed by atoms with E-state index in [1.165, 1.54) is 30.3 Å². The number of benzene rings is 3. The molecule has 0 bridgehead atoms. The van der Waals surface area contributed by atoms with Crippen molar-refractivity contribution < 1.29 is 27.1 Å². The molecule has 0 amide bonds. The Labute approximate surface area is 200 Å². The van der Waals surface area contributed by atoms with Crippen LogP contribution in [-0.4, -0.2) is 38.5 Å². The number of nitrogen functional groups attached to an aromatic ring is 1. The minimum Gasteiger partial charge on any atom is -0.481 e. The number of nitrogens with zero attached hydrogens (tertiary/aromatic N) is 1. The zero-order chi connectivity index (χ0) is 25.2. The van der Waals surface area contributed by atoms with Gasteiger partial charge >= 0.3 is 5.97 Å². The quantitative estimate of drug-likeness (QED) is 0.365. The van der Waals surface area contributed by atoms with E-state index in [0.29, 0.717) is 24.7 Å². The lowest BCUT2D eigenvalue weighted by molar-refractivity contribution is -0.136. The van der Waals surface area contributed by atoms with E-state index in [9.17, 15) is 13.2 Å². The Kier molecular flexibility index (Phi) is 6.70. The van der Waals surface area contributed by atoms with Gasteiger partial charge in [-0.25, -0.2) is 17.2 Å². The van der Waals surface area contributed by atoms with Crippen LogP contribution >= 0.6 is 0 Å². The molecule has 8 nitrogen and oxygen atoms in total. The average molecular weight is 501 g/mol. The highest BCUT2D eigenvalue weighted by atomic mass is 32.2. The number of para-hydroxylation sites is 1. The van der Waals surface area contributed by atoms with Crippen molar-refractivity contribution in [2.24, 2.45) is 4.99 Å². The van der Waals surface area contributed by atoms with Crippen molar-refractivity contribution in [3.05, 3.63) is 71.8 Å². The number of carbonyl (C=O) groups is 1. The fourth-order valence-corrected chi connectivity index (χ4v) is 5.26. The maximum atomic E-state index is 15.9. The highest BCUT2D eigenvalue weighted by Gasteiger charge is 2.31. The summed E-state index contributed by atoms with van der Waals surface area (Å²) in [5.41, 5.74) is 6.39. The van der Waals surface area contributed by atoms with Gasteiger partial charge in [0.2, 0.25) is 9.84 Å². The SMILES string of the molecule is Nc1ccccc1-c1c(CCC(=O)O)cc(F)c(S(=O)(=O)c2cccc(NC3=NCCN3)c2)c1F. The van der Waals surface area contributed by atoms with Crippen LogP contribution in [0.5, 0.6) is 0 Å². The van der Waals surface area contributed by atoms with Crippen LogP contribution in [-0.2, 0) is 21.1 Å². The predicted molar refractivity (Wildman–Crippen MR) is 128 cm³/mol. The molecule has 0 radical (unpaired) electrons. The minimum atomic E-state index is -4.66. The molecule has 3 aromatic rings. The van der Waals surface area contributed by atoms with Gasteiger partial charge in [-0.05, 0) is 42.3 Å². The number of sulfone groups is 1. The van der Waals surface area contributed by atoms with Gasteiger partial charge in [0.1, 0.15) is 10.7 Å². The molecular formula is C24H22F2N4O4S. The van der Waals surface area contributed by atoms with Gasteiger partial charge in [-0.3, -0.25) is 9.79 Å². The van der Waals surface area contributed by atoms with Crippen molar-refractivity contribution in [3.8, 4) is 11.1 Å². The molecule has 1 aliphatic heterocycles. The Morgan fingerprint density at radius 3 is 2.60 bits per heavy atom. The molecule has 0 unspecified atom stereocenters. The Bertz CT molecular complexity index is 1440. The Hall–Kier alpha value is -3.99. The third-order valence-electron chi connectivity index (χ3n) is 5.45. The van der Waals surface area contributed by atoms with Crippen LogP contribution in [0, 0.1) is 11.6 Å². The number of guanidine groups is 1. The lowest BCUT2D eigenvalue weighted by atomic mass is 9.94. The highest BCUT2D eigenvalue weighted by Crippen LogP contribution is 2.38. The Balaban J connectivity index is 1.86. The first-order valence-electron chi connectivity index (χ1n) is 10.7.